The smallest absolute Gasteiger partial charge is 0.237 e. The molecule has 118 valence electrons. The second-order valence-electron chi connectivity index (χ2n) is 6.53. The van der Waals surface area contributed by atoms with Gasteiger partial charge in [-0.05, 0) is 51.4 Å². The molecule has 1 saturated carbocycles. The number of hydrogen-bond acceptors (Lipinski definition) is 3. The van der Waals surface area contributed by atoms with Crippen LogP contribution in [0.2, 0.25) is 0 Å². The molecule has 20 heavy (non-hydrogen) atoms. The van der Waals surface area contributed by atoms with Crippen molar-refractivity contribution in [2.24, 2.45) is 5.92 Å². The first kappa shape index (κ1) is 17.4. The number of rotatable bonds is 7. The highest BCUT2D eigenvalue weighted by molar-refractivity contribution is 5.81. The maximum Gasteiger partial charge on any atom is 0.237 e. The maximum atomic E-state index is 12.0. The van der Waals surface area contributed by atoms with Crippen LogP contribution in [0.25, 0.3) is 0 Å². The summed E-state index contributed by atoms with van der Waals surface area (Å²) >= 11 is 0. The van der Waals surface area contributed by atoms with Crippen LogP contribution in [0, 0.1) is 5.92 Å². The average molecular weight is 284 g/mol. The van der Waals surface area contributed by atoms with Gasteiger partial charge in [-0.15, -0.1) is 0 Å². The van der Waals surface area contributed by atoms with Gasteiger partial charge in [0.15, 0.2) is 0 Å². The van der Waals surface area contributed by atoms with Crippen LogP contribution >= 0.6 is 0 Å². The fourth-order valence-corrected chi connectivity index (χ4v) is 2.73. The normalized spacial score (nSPS) is 28.4. The lowest BCUT2D eigenvalue weighted by atomic mass is 9.79. The molecular weight excluding hydrogens is 252 g/mol. The summed E-state index contributed by atoms with van der Waals surface area (Å²) in [6.07, 6.45) is 5.73. The molecule has 0 spiro atoms. The van der Waals surface area contributed by atoms with Gasteiger partial charge < -0.3 is 15.7 Å². The third kappa shape index (κ3) is 5.41. The molecule has 1 amide bonds. The topological polar surface area (TPSA) is 61.4 Å². The van der Waals surface area contributed by atoms with E-state index in [-0.39, 0.29) is 18.0 Å². The van der Waals surface area contributed by atoms with Crippen molar-refractivity contribution < 1.29 is 9.90 Å². The van der Waals surface area contributed by atoms with Crippen molar-refractivity contribution >= 4 is 5.91 Å². The molecule has 1 aliphatic rings. The van der Waals surface area contributed by atoms with Crippen molar-refractivity contribution in [3.63, 3.8) is 0 Å². The Bertz CT molecular complexity index is 295. The fraction of sp³-hybridized carbons (Fsp3) is 0.938. The van der Waals surface area contributed by atoms with Gasteiger partial charge in [0, 0.05) is 12.6 Å². The second-order valence-corrected chi connectivity index (χ2v) is 6.53. The fourth-order valence-electron chi connectivity index (χ4n) is 2.73. The van der Waals surface area contributed by atoms with Crippen molar-refractivity contribution in [2.75, 3.05) is 6.54 Å². The zero-order valence-electron chi connectivity index (χ0n) is 13.5. The predicted molar refractivity (Wildman–Crippen MR) is 82.6 cm³/mol. The van der Waals surface area contributed by atoms with Gasteiger partial charge in [0.2, 0.25) is 5.91 Å². The zero-order valence-corrected chi connectivity index (χ0v) is 13.5. The van der Waals surface area contributed by atoms with E-state index in [1.165, 1.54) is 0 Å². The van der Waals surface area contributed by atoms with Crippen LogP contribution in [-0.4, -0.2) is 35.2 Å². The Morgan fingerprint density at radius 1 is 1.30 bits per heavy atom. The van der Waals surface area contributed by atoms with Gasteiger partial charge in [0.1, 0.15) is 0 Å². The van der Waals surface area contributed by atoms with Gasteiger partial charge in [0.05, 0.1) is 11.6 Å². The van der Waals surface area contributed by atoms with E-state index in [0.29, 0.717) is 12.5 Å². The third-order valence-electron chi connectivity index (χ3n) is 4.67. The van der Waals surface area contributed by atoms with Gasteiger partial charge in [0.25, 0.3) is 0 Å². The van der Waals surface area contributed by atoms with Crippen molar-refractivity contribution in [1.82, 2.24) is 10.6 Å². The van der Waals surface area contributed by atoms with Gasteiger partial charge in [-0.1, -0.05) is 20.8 Å². The van der Waals surface area contributed by atoms with Gasteiger partial charge in [-0.25, -0.2) is 0 Å². The molecule has 3 N–H and O–H groups in total. The molecule has 0 heterocycles. The van der Waals surface area contributed by atoms with Crippen LogP contribution in [0.1, 0.15) is 66.2 Å². The maximum absolute atomic E-state index is 12.0. The minimum atomic E-state index is -0.629. The highest BCUT2D eigenvalue weighted by Gasteiger charge is 2.32. The summed E-state index contributed by atoms with van der Waals surface area (Å²) in [6, 6.07) is 0.00402. The van der Waals surface area contributed by atoms with Crippen LogP contribution in [-0.2, 0) is 4.79 Å². The average Bonchev–Trinajstić information content (AvgIpc) is 2.45. The molecule has 1 unspecified atom stereocenters. The SMILES string of the molecule is CCC(CC)NC(=O)C(C)NCC1(O)CCC(C)CC1. The first-order valence-electron chi connectivity index (χ1n) is 8.16. The quantitative estimate of drug-likeness (QED) is 0.672. The highest BCUT2D eigenvalue weighted by Crippen LogP contribution is 2.31. The summed E-state index contributed by atoms with van der Waals surface area (Å²) in [6.45, 7) is 8.78. The van der Waals surface area contributed by atoms with E-state index in [1.54, 1.807) is 0 Å². The summed E-state index contributed by atoms with van der Waals surface area (Å²) in [7, 11) is 0. The highest BCUT2D eigenvalue weighted by atomic mass is 16.3. The monoisotopic (exact) mass is 284 g/mol. The molecule has 0 aromatic rings. The van der Waals surface area contributed by atoms with E-state index in [9.17, 15) is 9.90 Å². The van der Waals surface area contributed by atoms with Crippen LogP contribution in [0.4, 0.5) is 0 Å². The lowest BCUT2D eigenvalue weighted by molar-refractivity contribution is -0.123. The molecule has 1 fully saturated rings. The second kappa shape index (κ2) is 7.99. The van der Waals surface area contributed by atoms with E-state index < -0.39 is 5.60 Å². The molecule has 1 rings (SSSR count). The lowest BCUT2D eigenvalue weighted by Gasteiger charge is -2.35. The van der Waals surface area contributed by atoms with Gasteiger partial charge in [-0.3, -0.25) is 4.79 Å². The third-order valence-corrected chi connectivity index (χ3v) is 4.67. The van der Waals surface area contributed by atoms with Gasteiger partial charge in [-0.2, -0.15) is 0 Å². The number of amides is 1. The van der Waals surface area contributed by atoms with Crippen molar-refractivity contribution in [3.05, 3.63) is 0 Å². The van der Waals surface area contributed by atoms with E-state index in [4.69, 9.17) is 0 Å². The number of carbonyl (C=O) groups is 1. The van der Waals surface area contributed by atoms with Crippen LogP contribution < -0.4 is 10.6 Å². The van der Waals surface area contributed by atoms with Crippen LogP contribution in [0.3, 0.4) is 0 Å². The Hall–Kier alpha value is -0.610. The molecule has 0 bridgehead atoms. The molecule has 0 saturated heterocycles. The Morgan fingerprint density at radius 2 is 1.85 bits per heavy atom. The standard InChI is InChI=1S/C16H32N2O2/c1-5-14(6-2)18-15(19)13(4)17-11-16(20)9-7-12(3)8-10-16/h12-14,17,20H,5-11H2,1-4H3,(H,18,19). The minimum absolute atomic E-state index is 0.0338. The Kier molecular flexibility index (Phi) is 6.96. The first-order valence-corrected chi connectivity index (χ1v) is 8.16. The Balaban J connectivity index is 2.35. The largest absolute Gasteiger partial charge is 0.389 e. The molecule has 0 aliphatic heterocycles. The van der Waals surface area contributed by atoms with Gasteiger partial charge >= 0.3 is 0 Å². The van der Waals surface area contributed by atoms with E-state index in [2.05, 4.69) is 31.4 Å². The van der Waals surface area contributed by atoms with Crippen LogP contribution in [0.15, 0.2) is 0 Å². The van der Waals surface area contributed by atoms with Crippen molar-refractivity contribution in [3.8, 4) is 0 Å². The van der Waals surface area contributed by atoms with Crippen molar-refractivity contribution in [2.45, 2.75) is 83.9 Å². The van der Waals surface area contributed by atoms with Crippen molar-refractivity contribution in [1.29, 1.82) is 0 Å². The molecule has 0 aromatic heterocycles. The van der Waals surface area contributed by atoms with E-state index in [0.717, 1.165) is 38.5 Å². The summed E-state index contributed by atoms with van der Waals surface area (Å²) in [5, 5.41) is 16.7. The van der Waals surface area contributed by atoms with E-state index in [1.807, 2.05) is 6.92 Å². The molecule has 0 aromatic carbocycles. The first-order chi connectivity index (χ1) is 9.40. The molecular formula is C16H32N2O2. The molecule has 1 aliphatic carbocycles. The number of aliphatic hydroxyl groups is 1. The summed E-state index contributed by atoms with van der Waals surface area (Å²) in [5.41, 5.74) is -0.629. The number of carbonyl (C=O) groups excluding carboxylic acids is 1. The summed E-state index contributed by atoms with van der Waals surface area (Å²) < 4.78 is 0. The molecule has 4 nitrogen and oxygen atoms in total. The van der Waals surface area contributed by atoms with Crippen LogP contribution in [0.5, 0.6) is 0 Å². The Labute approximate surface area is 123 Å². The summed E-state index contributed by atoms with van der Waals surface area (Å²) in [4.78, 5) is 12.0. The minimum Gasteiger partial charge on any atom is -0.389 e. The predicted octanol–water partition coefficient (Wildman–Crippen LogP) is 2.21. The number of nitrogens with one attached hydrogen (secondary N) is 2. The molecule has 0 radical (unpaired) electrons. The molecule has 1 atom stereocenters. The lowest BCUT2D eigenvalue weighted by Crippen LogP contribution is -2.51. The zero-order chi connectivity index (χ0) is 15.2. The number of hydrogen-bond donors (Lipinski definition) is 3. The van der Waals surface area contributed by atoms with E-state index >= 15 is 0 Å². The summed E-state index contributed by atoms with van der Waals surface area (Å²) in [5.74, 6) is 0.748. The Morgan fingerprint density at radius 3 is 2.35 bits per heavy atom. The molecule has 4 heteroatoms.